The third-order valence-corrected chi connectivity index (χ3v) is 4.85. The molecule has 4 nitrogen and oxygen atoms in total. The molecule has 164 valence electrons. The Labute approximate surface area is 192 Å². The van der Waals surface area contributed by atoms with E-state index in [1.807, 2.05) is 63.6 Å². The Kier molecular flexibility index (Phi) is 9.74. The molecule has 3 rings (SSSR count). The first-order valence-corrected chi connectivity index (χ1v) is 10.8. The van der Waals surface area contributed by atoms with E-state index in [0.717, 1.165) is 47.6 Å². The molecule has 3 heterocycles. The molecule has 0 aliphatic carbocycles. The first-order chi connectivity index (χ1) is 15.6. The molecule has 0 saturated heterocycles. The zero-order valence-electron chi connectivity index (χ0n) is 19.3. The van der Waals surface area contributed by atoms with Crippen molar-refractivity contribution in [2.24, 2.45) is 15.7 Å². The van der Waals surface area contributed by atoms with Crippen molar-refractivity contribution in [3.8, 4) is 0 Å². The van der Waals surface area contributed by atoms with Crippen LogP contribution in [-0.2, 0) is 13.0 Å². The van der Waals surface area contributed by atoms with Crippen LogP contribution < -0.4 is 5.73 Å². The van der Waals surface area contributed by atoms with Crippen molar-refractivity contribution < 1.29 is 0 Å². The molecule has 0 bridgehead atoms. The number of allylic oxidation sites excluding steroid dienone is 9. The van der Waals surface area contributed by atoms with Gasteiger partial charge in [-0.25, -0.2) is 0 Å². The molecule has 1 aromatic rings. The van der Waals surface area contributed by atoms with Crippen molar-refractivity contribution in [2.75, 3.05) is 6.54 Å². The van der Waals surface area contributed by atoms with Crippen LogP contribution in [-0.4, -0.2) is 23.5 Å². The Balaban J connectivity index is 0.00000176. The maximum Gasteiger partial charge on any atom is 0.0687 e. The first kappa shape index (κ1) is 24.4. The molecule has 0 fully saturated rings. The fourth-order valence-electron chi connectivity index (χ4n) is 3.46. The number of rotatable bonds is 7. The second-order valence-corrected chi connectivity index (χ2v) is 6.95. The Bertz CT molecular complexity index is 1130. The van der Waals surface area contributed by atoms with Crippen LogP contribution in [0.3, 0.4) is 0 Å². The van der Waals surface area contributed by atoms with Crippen molar-refractivity contribution in [1.82, 2.24) is 4.57 Å². The zero-order chi connectivity index (χ0) is 23.3. The third-order valence-electron chi connectivity index (χ3n) is 4.85. The summed E-state index contributed by atoms with van der Waals surface area (Å²) < 4.78 is 2.25. The number of hydrogen-bond donors (Lipinski definition) is 1. The van der Waals surface area contributed by atoms with Gasteiger partial charge in [-0.3, -0.25) is 9.98 Å². The van der Waals surface area contributed by atoms with Crippen molar-refractivity contribution in [2.45, 2.75) is 33.7 Å². The lowest BCUT2D eigenvalue weighted by molar-refractivity contribution is 0.802. The lowest BCUT2D eigenvalue weighted by Gasteiger charge is -2.10. The van der Waals surface area contributed by atoms with Crippen molar-refractivity contribution in [1.29, 1.82) is 0 Å². The standard InChI is InChI=1S/C26H26N4.C2H6/c1-20(2)22(21(3)10-5-4-7-14-27)11-6-8-17-30-25-18-28-15-9-12-23(25)24-13-16-29-19-26(24)30;1-2/h4-6,8,10-12,14-15,18-19H,1,3,13,16-17,27H2,2H3;1-2H3/b8-6-,10-5-,22-11+;. The Hall–Kier alpha value is -3.84. The Morgan fingerprint density at radius 2 is 2.06 bits per heavy atom. The van der Waals surface area contributed by atoms with E-state index >= 15 is 0 Å². The van der Waals surface area contributed by atoms with Crippen LogP contribution in [0.1, 0.15) is 43.3 Å². The Morgan fingerprint density at radius 3 is 2.81 bits per heavy atom. The fraction of sp³-hybridized carbons (Fsp3) is 0.214. The van der Waals surface area contributed by atoms with Gasteiger partial charge in [0.2, 0.25) is 0 Å². The van der Waals surface area contributed by atoms with Crippen molar-refractivity contribution in [3.63, 3.8) is 0 Å². The van der Waals surface area contributed by atoms with Crippen LogP contribution in [0, 0.1) is 0 Å². The topological polar surface area (TPSA) is 55.7 Å². The van der Waals surface area contributed by atoms with Crippen LogP contribution in [0.15, 0.2) is 100 Å². The van der Waals surface area contributed by atoms with E-state index in [9.17, 15) is 0 Å². The lowest BCUT2D eigenvalue weighted by Crippen LogP contribution is -2.09. The number of hydrogen-bond acceptors (Lipinski definition) is 3. The minimum absolute atomic E-state index is 0.718. The van der Waals surface area contributed by atoms with E-state index in [2.05, 4.69) is 45.2 Å². The molecule has 0 amide bonds. The predicted octanol–water partition coefficient (Wildman–Crippen LogP) is 5.85. The summed E-state index contributed by atoms with van der Waals surface area (Å²) in [6, 6.07) is 0. The van der Waals surface area contributed by atoms with Gasteiger partial charge in [-0.2, -0.15) is 0 Å². The van der Waals surface area contributed by atoms with E-state index in [4.69, 9.17) is 5.73 Å². The molecule has 0 radical (unpaired) electrons. The van der Waals surface area contributed by atoms with Crippen molar-refractivity contribution >= 4 is 18.5 Å². The number of fused-ring (bicyclic) bond motifs is 3. The zero-order valence-corrected chi connectivity index (χ0v) is 19.3. The Morgan fingerprint density at radius 1 is 1.25 bits per heavy atom. The SMILES string of the molecule is C=C(C)/C(=C\C=C/Cn1c2c(c3c1C=NCC3)C=C=CN=C2)C(=C)/C=C\C=C=CN.CC. The number of nitrogens with two attached hydrogens (primary N) is 1. The highest BCUT2D eigenvalue weighted by molar-refractivity contribution is 5.93. The molecule has 0 unspecified atom stereocenters. The van der Waals surface area contributed by atoms with Gasteiger partial charge in [-0.05, 0) is 42.2 Å². The number of aromatic nitrogens is 1. The highest BCUT2D eigenvalue weighted by Crippen LogP contribution is 2.26. The van der Waals surface area contributed by atoms with E-state index in [-0.39, 0.29) is 0 Å². The summed E-state index contributed by atoms with van der Waals surface area (Å²) in [6.45, 7) is 15.7. The van der Waals surface area contributed by atoms with Crippen LogP contribution in [0.4, 0.5) is 0 Å². The van der Waals surface area contributed by atoms with Crippen molar-refractivity contribution in [3.05, 3.63) is 113 Å². The van der Waals surface area contributed by atoms with E-state index in [0.29, 0.717) is 0 Å². The van der Waals surface area contributed by atoms with Crippen LogP contribution in [0.5, 0.6) is 0 Å². The maximum atomic E-state index is 5.28. The number of nitrogens with zero attached hydrogens (tertiary/aromatic N) is 3. The van der Waals surface area contributed by atoms with E-state index < -0.39 is 0 Å². The predicted molar refractivity (Wildman–Crippen MR) is 139 cm³/mol. The monoisotopic (exact) mass is 424 g/mol. The highest BCUT2D eigenvalue weighted by Gasteiger charge is 2.20. The highest BCUT2D eigenvalue weighted by atomic mass is 15.0. The molecule has 0 saturated carbocycles. The maximum absolute atomic E-state index is 5.28. The van der Waals surface area contributed by atoms with Gasteiger partial charge in [0.15, 0.2) is 0 Å². The van der Waals surface area contributed by atoms with Crippen LogP contribution in [0.25, 0.3) is 6.08 Å². The smallest absolute Gasteiger partial charge is 0.0687 e. The van der Waals surface area contributed by atoms with Gasteiger partial charge >= 0.3 is 0 Å². The van der Waals surface area contributed by atoms with Gasteiger partial charge in [0.25, 0.3) is 0 Å². The summed E-state index contributed by atoms with van der Waals surface area (Å²) in [5, 5.41) is 0. The normalized spacial score (nSPS) is 13.8. The molecule has 4 heteroatoms. The lowest BCUT2D eigenvalue weighted by atomic mass is 10.0. The summed E-state index contributed by atoms with van der Waals surface area (Å²) >= 11 is 0. The minimum atomic E-state index is 0.718. The van der Waals surface area contributed by atoms with Crippen LogP contribution >= 0.6 is 0 Å². The molecule has 0 aromatic carbocycles. The minimum Gasteiger partial charge on any atom is -0.398 e. The number of aliphatic imine (C=N–C) groups is 2. The largest absolute Gasteiger partial charge is 0.398 e. The van der Waals surface area contributed by atoms with E-state index in [1.54, 1.807) is 12.3 Å². The second-order valence-electron chi connectivity index (χ2n) is 6.95. The molecule has 0 spiro atoms. The summed E-state index contributed by atoms with van der Waals surface area (Å²) in [4.78, 5) is 8.79. The van der Waals surface area contributed by atoms with Gasteiger partial charge in [-0.15, -0.1) is 11.5 Å². The molecule has 2 aliphatic rings. The molecular formula is C28H32N4. The first-order valence-electron chi connectivity index (χ1n) is 10.8. The summed E-state index contributed by atoms with van der Waals surface area (Å²) in [7, 11) is 0. The van der Waals surface area contributed by atoms with Gasteiger partial charge in [0.05, 0.1) is 23.8 Å². The van der Waals surface area contributed by atoms with Gasteiger partial charge in [0.1, 0.15) is 0 Å². The van der Waals surface area contributed by atoms with Gasteiger partial charge < -0.3 is 10.3 Å². The fourth-order valence-corrected chi connectivity index (χ4v) is 3.46. The second kappa shape index (κ2) is 12.8. The average molecular weight is 425 g/mol. The third kappa shape index (κ3) is 6.09. The van der Waals surface area contributed by atoms with Gasteiger partial charge in [0, 0.05) is 31.1 Å². The summed E-state index contributed by atoms with van der Waals surface area (Å²) in [6.07, 6.45) is 21.6. The molecular weight excluding hydrogens is 392 g/mol. The van der Waals surface area contributed by atoms with Gasteiger partial charge in [-0.1, -0.05) is 63.0 Å². The van der Waals surface area contributed by atoms with Crippen LogP contribution in [0.2, 0.25) is 0 Å². The molecule has 32 heavy (non-hydrogen) atoms. The molecule has 0 atom stereocenters. The van der Waals surface area contributed by atoms with E-state index in [1.165, 1.54) is 17.3 Å². The summed E-state index contributed by atoms with van der Waals surface area (Å²) in [5.74, 6) is 0. The summed E-state index contributed by atoms with van der Waals surface area (Å²) in [5.41, 5.74) is 18.8. The molecule has 1 aromatic heterocycles. The molecule has 2 aliphatic heterocycles. The molecule has 2 N–H and O–H groups in total. The quantitative estimate of drug-likeness (QED) is 0.433. The average Bonchev–Trinajstić information content (AvgIpc) is 2.94.